The number of hydrogen-bond acceptors (Lipinski definition) is 3. The van der Waals surface area contributed by atoms with E-state index in [0.29, 0.717) is 18.4 Å². The molecule has 3 nitrogen and oxygen atoms in total. The minimum absolute atomic E-state index is 0.144. The van der Waals surface area contributed by atoms with Gasteiger partial charge in [0.1, 0.15) is 0 Å². The molecule has 0 aromatic carbocycles. The van der Waals surface area contributed by atoms with Gasteiger partial charge in [-0.3, -0.25) is 4.79 Å². The fraction of sp³-hybridized carbons (Fsp3) is 0.833. The van der Waals surface area contributed by atoms with Crippen molar-refractivity contribution in [1.29, 1.82) is 0 Å². The number of hydrogen-bond donors (Lipinski definition) is 2. The Morgan fingerprint density at radius 3 is 3.11 bits per heavy atom. The Morgan fingerprint density at radius 2 is 2.33 bits per heavy atom. The number of Topliss-reactive ketones (excluding diaryl/α,β-unsaturated/α-hetero) is 1. The molecule has 0 aromatic heterocycles. The van der Waals surface area contributed by atoms with Crippen molar-refractivity contribution in [1.82, 2.24) is 10.6 Å². The molecule has 0 bridgehead atoms. The second-order valence-corrected chi connectivity index (χ2v) is 2.67. The van der Waals surface area contributed by atoms with Crippen LogP contribution in [-0.2, 0) is 4.79 Å². The van der Waals surface area contributed by atoms with Gasteiger partial charge in [-0.1, -0.05) is 0 Å². The van der Waals surface area contributed by atoms with Crippen molar-refractivity contribution < 1.29 is 4.79 Å². The summed E-state index contributed by atoms with van der Waals surface area (Å²) >= 11 is 0. The van der Waals surface area contributed by atoms with Crippen LogP contribution in [0.4, 0.5) is 0 Å². The van der Waals surface area contributed by atoms with E-state index in [4.69, 9.17) is 0 Å². The lowest BCUT2D eigenvalue weighted by Crippen LogP contribution is -2.33. The van der Waals surface area contributed by atoms with Crippen LogP contribution in [0.5, 0.6) is 0 Å². The first-order chi connectivity index (χ1) is 4.38. The van der Waals surface area contributed by atoms with E-state index in [-0.39, 0.29) is 6.04 Å². The van der Waals surface area contributed by atoms with Crippen LogP contribution in [-0.4, -0.2) is 31.0 Å². The molecule has 50 valence electrons. The summed E-state index contributed by atoms with van der Waals surface area (Å²) in [6.45, 7) is 1.57. The summed E-state index contributed by atoms with van der Waals surface area (Å²) < 4.78 is 0. The first-order valence-corrected chi connectivity index (χ1v) is 3.37. The Balaban J connectivity index is 2.15. The Bertz CT molecular complexity index is 146. The average Bonchev–Trinajstić information content (AvgIpc) is 2.35. The summed E-state index contributed by atoms with van der Waals surface area (Å²) in [7, 11) is 0. The monoisotopic (exact) mass is 126 g/mol. The zero-order chi connectivity index (χ0) is 6.27. The van der Waals surface area contributed by atoms with Crippen LogP contribution in [0, 0.1) is 0 Å². The number of ketones is 1. The van der Waals surface area contributed by atoms with Gasteiger partial charge < -0.3 is 10.6 Å². The second kappa shape index (κ2) is 1.78. The van der Waals surface area contributed by atoms with Crippen LogP contribution in [0.15, 0.2) is 0 Å². The van der Waals surface area contributed by atoms with E-state index in [9.17, 15) is 4.79 Å². The molecule has 0 spiro atoms. The number of fused-ring (bicyclic) bond motifs is 1. The van der Waals surface area contributed by atoms with Crippen LogP contribution in [0.1, 0.15) is 6.42 Å². The van der Waals surface area contributed by atoms with Gasteiger partial charge in [0.05, 0.1) is 12.6 Å². The number of carbonyl (C=O) groups excluding carboxylic acids is 1. The third kappa shape index (κ3) is 0.686. The average molecular weight is 126 g/mol. The lowest BCUT2D eigenvalue weighted by molar-refractivity contribution is -0.117. The van der Waals surface area contributed by atoms with Gasteiger partial charge in [0.2, 0.25) is 0 Å². The number of rotatable bonds is 0. The van der Waals surface area contributed by atoms with Gasteiger partial charge in [-0.05, 0) is 13.0 Å². The smallest absolute Gasteiger partial charge is 0.165 e. The quantitative estimate of drug-likeness (QED) is 0.432. The summed E-state index contributed by atoms with van der Waals surface area (Å²) in [4.78, 5) is 10.9. The normalized spacial score (nSPS) is 41.6. The maximum Gasteiger partial charge on any atom is 0.165 e. The van der Waals surface area contributed by atoms with Gasteiger partial charge in [0.15, 0.2) is 5.78 Å². The Morgan fingerprint density at radius 1 is 1.44 bits per heavy atom. The van der Waals surface area contributed by atoms with E-state index < -0.39 is 0 Å². The Hall–Kier alpha value is -0.410. The molecular weight excluding hydrogens is 116 g/mol. The standard InChI is InChI=1S/C6H10N2O/c9-5-3-8-4-1-2-7-6(4)5/h4,6-8H,1-3H2. The van der Waals surface area contributed by atoms with Crippen LogP contribution < -0.4 is 10.6 Å². The largest absolute Gasteiger partial charge is 0.306 e. The first-order valence-electron chi connectivity index (χ1n) is 3.37. The Kier molecular flexibility index (Phi) is 1.07. The van der Waals surface area contributed by atoms with E-state index in [0.717, 1.165) is 13.0 Å². The molecule has 9 heavy (non-hydrogen) atoms. The predicted molar refractivity (Wildman–Crippen MR) is 33.2 cm³/mol. The molecule has 2 atom stereocenters. The molecule has 2 rings (SSSR count). The zero-order valence-electron chi connectivity index (χ0n) is 5.18. The molecule has 2 heterocycles. The van der Waals surface area contributed by atoms with E-state index >= 15 is 0 Å². The fourth-order valence-electron chi connectivity index (χ4n) is 1.60. The van der Waals surface area contributed by atoms with E-state index in [1.165, 1.54) is 0 Å². The van der Waals surface area contributed by atoms with Gasteiger partial charge >= 0.3 is 0 Å². The highest BCUT2D eigenvalue weighted by Crippen LogP contribution is 2.12. The summed E-state index contributed by atoms with van der Waals surface area (Å²) in [5.41, 5.74) is 0. The van der Waals surface area contributed by atoms with Crippen LogP contribution in [0.3, 0.4) is 0 Å². The summed E-state index contributed by atoms with van der Waals surface area (Å²) in [5.74, 6) is 0.331. The third-order valence-electron chi connectivity index (χ3n) is 2.11. The molecule has 2 fully saturated rings. The maximum atomic E-state index is 10.9. The molecule has 0 saturated carbocycles. The molecule has 0 aliphatic carbocycles. The van der Waals surface area contributed by atoms with Crippen molar-refractivity contribution >= 4 is 5.78 Å². The molecule has 0 radical (unpaired) electrons. The highest BCUT2D eigenvalue weighted by Gasteiger charge is 2.37. The molecule has 2 unspecified atom stereocenters. The number of carbonyl (C=O) groups is 1. The lowest BCUT2D eigenvalue weighted by atomic mass is 10.1. The topological polar surface area (TPSA) is 41.1 Å². The van der Waals surface area contributed by atoms with Crippen molar-refractivity contribution in [2.45, 2.75) is 18.5 Å². The van der Waals surface area contributed by atoms with Gasteiger partial charge in [-0.2, -0.15) is 0 Å². The van der Waals surface area contributed by atoms with Crippen molar-refractivity contribution in [3.63, 3.8) is 0 Å². The minimum Gasteiger partial charge on any atom is -0.306 e. The van der Waals surface area contributed by atoms with E-state index in [2.05, 4.69) is 10.6 Å². The lowest BCUT2D eigenvalue weighted by Gasteiger charge is -2.03. The van der Waals surface area contributed by atoms with Crippen molar-refractivity contribution in [2.75, 3.05) is 13.1 Å². The van der Waals surface area contributed by atoms with Gasteiger partial charge in [-0.15, -0.1) is 0 Å². The Labute approximate surface area is 53.8 Å². The highest BCUT2D eigenvalue weighted by atomic mass is 16.1. The molecule has 0 aromatic rings. The second-order valence-electron chi connectivity index (χ2n) is 2.67. The van der Waals surface area contributed by atoms with Crippen molar-refractivity contribution in [3.8, 4) is 0 Å². The summed E-state index contributed by atoms with van der Waals surface area (Å²) in [5, 5.41) is 6.31. The minimum atomic E-state index is 0.144. The molecule has 3 heteroatoms. The molecular formula is C6H10N2O. The van der Waals surface area contributed by atoms with Gasteiger partial charge in [0, 0.05) is 6.04 Å². The van der Waals surface area contributed by atoms with E-state index in [1.54, 1.807) is 0 Å². The van der Waals surface area contributed by atoms with Crippen LogP contribution >= 0.6 is 0 Å². The summed E-state index contributed by atoms with van der Waals surface area (Å²) in [6.07, 6.45) is 1.11. The van der Waals surface area contributed by atoms with Gasteiger partial charge in [0.25, 0.3) is 0 Å². The van der Waals surface area contributed by atoms with Crippen molar-refractivity contribution in [2.24, 2.45) is 0 Å². The molecule has 2 N–H and O–H groups in total. The zero-order valence-corrected chi connectivity index (χ0v) is 5.18. The molecule has 2 saturated heterocycles. The molecule has 0 amide bonds. The molecule has 2 aliphatic rings. The predicted octanol–water partition coefficient (Wildman–Crippen LogP) is -1.11. The third-order valence-corrected chi connectivity index (χ3v) is 2.11. The summed E-state index contributed by atoms with van der Waals surface area (Å²) in [6, 6.07) is 0.586. The molecule has 2 aliphatic heterocycles. The van der Waals surface area contributed by atoms with E-state index in [1.807, 2.05) is 0 Å². The first kappa shape index (κ1) is 5.38. The van der Waals surface area contributed by atoms with Crippen molar-refractivity contribution in [3.05, 3.63) is 0 Å². The van der Waals surface area contributed by atoms with Crippen LogP contribution in [0.25, 0.3) is 0 Å². The van der Waals surface area contributed by atoms with Gasteiger partial charge in [-0.25, -0.2) is 0 Å². The maximum absolute atomic E-state index is 10.9. The van der Waals surface area contributed by atoms with Crippen LogP contribution in [0.2, 0.25) is 0 Å². The SMILES string of the molecule is O=C1CNC2CCNC12. The highest BCUT2D eigenvalue weighted by molar-refractivity contribution is 5.89. The number of nitrogens with one attached hydrogen (secondary N) is 2. The fourth-order valence-corrected chi connectivity index (χ4v) is 1.60.